The smallest absolute Gasteiger partial charge is 0.0313 e. The van der Waals surface area contributed by atoms with Crippen molar-refractivity contribution in [2.24, 2.45) is 0 Å². The van der Waals surface area contributed by atoms with Gasteiger partial charge in [-0.3, -0.25) is 0 Å². The summed E-state index contributed by atoms with van der Waals surface area (Å²) in [4.78, 5) is 0. The maximum absolute atomic E-state index is 3.60. The van der Waals surface area contributed by atoms with Gasteiger partial charge in [0.2, 0.25) is 0 Å². The van der Waals surface area contributed by atoms with E-state index in [1.165, 1.54) is 32.1 Å². The van der Waals surface area contributed by atoms with Crippen LogP contribution >= 0.6 is 0 Å². The maximum atomic E-state index is 3.60. The molecule has 0 aromatic rings. The molecule has 0 rings (SSSR count). The van der Waals surface area contributed by atoms with E-state index in [-0.39, 0.29) is 0 Å². The Bertz CT molecular complexity index is 216. The van der Waals surface area contributed by atoms with Gasteiger partial charge in [-0.25, -0.2) is 0 Å². The van der Waals surface area contributed by atoms with E-state index in [0.29, 0.717) is 0 Å². The van der Waals surface area contributed by atoms with Gasteiger partial charge in [-0.05, 0) is 19.8 Å². The van der Waals surface area contributed by atoms with Crippen LogP contribution in [0, 0.1) is 6.92 Å². The normalized spacial score (nSPS) is 12.9. The largest absolute Gasteiger partial charge is 0.0845 e. The van der Waals surface area contributed by atoms with Crippen molar-refractivity contribution < 1.29 is 0 Å². The molecule has 0 bridgehead atoms. The summed E-state index contributed by atoms with van der Waals surface area (Å²) in [6, 6.07) is 0. The Morgan fingerprint density at radius 3 is 2.13 bits per heavy atom. The summed E-state index contributed by atoms with van der Waals surface area (Å²) in [5.41, 5.74) is 0. The van der Waals surface area contributed by atoms with Crippen molar-refractivity contribution >= 4 is 0 Å². The van der Waals surface area contributed by atoms with Crippen molar-refractivity contribution in [2.75, 3.05) is 0 Å². The topological polar surface area (TPSA) is 0 Å². The average Bonchev–Trinajstić information content (AvgIpc) is 2.26. The Labute approximate surface area is 95.1 Å². The Kier molecular flexibility index (Phi) is 12.1. The molecule has 0 amide bonds. The second-order valence-corrected chi connectivity index (χ2v) is 3.48. The average molecular weight is 203 g/mol. The zero-order valence-electron chi connectivity index (χ0n) is 9.86. The van der Waals surface area contributed by atoms with Crippen LogP contribution in [0.25, 0.3) is 0 Å². The van der Waals surface area contributed by atoms with Gasteiger partial charge >= 0.3 is 0 Å². The Balaban J connectivity index is 3.37. The summed E-state index contributed by atoms with van der Waals surface area (Å²) in [5.74, 6) is 0. The lowest BCUT2D eigenvalue weighted by Gasteiger charge is -1.92. The highest BCUT2D eigenvalue weighted by molar-refractivity contribution is 5.15. The lowest BCUT2D eigenvalue weighted by Crippen LogP contribution is -1.72. The van der Waals surface area contributed by atoms with E-state index in [4.69, 9.17) is 0 Å². The van der Waals surface area contributed by atoms with E-state index in [9.17, 15) is 0 Å². The molecule has 0 unspecified atom stereocenters. The zero-order chi connectivity index (χ0) is 11.2. The van der Waals surface area contributed by atoms with Crippen molar-refractivity contribution in [3.05, 3.63) is 55.5 Å². The molecule has 0 aliphatic rings. The van der Waals surface area contributed by atoms with Gasteiger partial charge in [-0.2, -0.15) is 0 Å². The van der Waals surface area contributed by atoms with Crippen LogP contribution < -0.4 is 0 Å². The molecule has 0 nitrogen and oxygen atoms in total. The van der Waals surface area contributed by atoms with Crippen LogP contribution in [0.1, 0.15) is 39.0 Å². The minimum atomic E-state index is 1.20. The van der Waals surface area contributed by atoms with Crippen molar-refractivity contribution in [3.8, 4) is 0 Å². The van der Waals surface area contributed by atoms with Gasteiger partial charge in [0, 0.05) is 0 Å². The van der Waals surface area contributed by atoms with Crippen molar-refractivity contribution in [2.45, 2.75) is 39.0 Å². The number of unbranched alkanes of at least 4 members (excludes halogenated alkanes) is 4. The Morgan fingerprint density at radius 2 is 1.47 bits per heavy atom. The number of rotatable bonds is 8. The molecule has 0 N–H and O–H groups in total. The predicted octanol–water partition coefficient (Wildman–Crippen LogP) is 5.02. The molecule has 1 radical (unpaired) electrons. The summed E-state index contributed by atoms with van der Waals surface area (Å²) >= 11 is 0. The molecular formula is C15H23. The summed E-state index contributed by atoms with van der Waals surface area (Å²) < 4.78 is 0. The van der Waals surface area contributed by atoms with Gasteiger partial charge in [0.05, 0.1) is 0 Å². The first-order valence-electron chi connectivity index (χ1n) is 5.86. The molecule has 0 heterocycles. The van der Waals surface area contributed by atoms with E-state index in [1.54, 1.807) is 6.08 Å². The lowest BCUT2D eigenvalue weighted by atomic mass is 10.1. The molecule has 0 aromatic heterocycles. The summed E-state index contributed by atoms with van der Waals surface area (Å²) in [6.07, 6.45) is 22.7. The number of allylic oxidation sites excluding steroid dienone is 8. The van der Waals surface area contributed by atoms with Gasteiger partial charge in [-0.1, -0.05) is 74.8 Å². The van der Waals surface area contributed by atoms with E-state index in [1.807, 2.05) is 24.3 Å². The van der Waals surface area contributed by atoms with Crippen molar-refractivity contribution in [1.29, 1.82) is 0 Å². The third-order valence-corrected chi connectivity index (χ3v) is 2.05. The quantitative estimate of drug-likeness (QED) is 0.384. The van der Waals surface area contributed by atoms with Crippen LogP contribution in [0.4, 0.5) is 0 Å². The first kappa shape index (κ1) is 14.0. The molecule has 0 aliphatic carbocycles. The molecule has 83 valence electrons. The summed E-state index contributed by atoms with van der Waals surface area (Å²) in [7, 11) is 0. The second-order valence-electron chi connectivity index (χ2n) is 3.48. The van der Waals surface area contributed by atoms with Crippen molar-refractivity contribution in [3.63, 3.8) is 0 Å². The number of hydrogen-bond donors (Lipinski definition) is 0. The zero-order valence-corrected chi connectivity index (χ0v) is 9.86. The SMILES string of the molecule is [CH2]/C=C/C=C/C=C/C=C/CCCCCC. The first-order valence-corrected chi connectivity index (χ1v) is 5.86. The highest BCUT2D eigenvalue weighted by Gasteiger charge is 1.82. The third-order valence-electron chi connectivity index (χ3n) is 2.05. The maximum Gasteiger partial charge on any atom is -0.0313 e. The standard InChI is InChI=1S/C15H23/c1-3-5-7-9-11-13-15-14-12-10-8-6-4-2/h3,5,7,9,11,13-15H,1,4,6,8,10,12H2,2H3/b5-3+,9-7+,13-11+,15-14+. The van der Waals surface area contributed by atoms with Crippen LogP contribution in [-0.4, -0.2) is 0 Å². The van der Waals surface area contributed by atoms with Gasteiger partial charge in [0.25, 0.3) is 0 Å². The fraction of sp³-hybridized carbons (Fsp3) is 0.400. The van der Waals surface area contributed by atoms with Gasteiger partial charge in [0.15, 0.2) is 0 Å². The van der Waals surface area contributed by atoms with Gasteiger partial charge < -0.3 is 0 Å². The Hall–Kier alpha value is -1.04. The highest BCUT2D eigenvalue weighted by Crippen LogP contribution is 2.02. The molecule has 0 heteroatoms. The molecule has 0 aliphatic heterocycles. The van der Waals surface area contributed by atoms with Crippen LogP contribution in [0.5, 0.6) is 0 Å². The molecule has 15 heavy (non-hydrogen) atoms. The fourth-order valence-corrected chi connectivity index (χ4v) is 1.20. The molecular weight excluding hydrogens is 180 g/mol. The summed E-state index contributed by atoms with van der Waals surface area (Å²) in [5, 5.41) is 0. The third kappa shape index (κ3) is 13.0. The van der Waals surface area contributed by atoms with E-state index in [2.05, 4.69) is 32.1 Å². The van der Waals surface area contributed by atoms with Crippen LogP contribution in [-0.2, 0) is 0 Å². The van der Waals surface area contributed by atoms with Crippen molar-refractivity contribution in [1.82, 2.24) is 0 Å². The monoisotopic (exact) mass is 203 g/mol. The van der Waals surface area contributed by atoms with E-state index >= 15 is 0 Å². The van der Waals surface area contributed by atoms with E-state index in [0.717, 1.165) is 0 Å². The molecule has 0 spiro atoms. The van der Waals surface area contributed by atoms with Gasteiger partial charge in [0.1, 0.15) is 0 Å². The lowest BCUT2D eigenvalue weighted by molar-refractivity contribution is 0.674. The van der Waals surface area contributed by atoms with Crippen LogP contribution in [0.3, 0.4) is 0 Å². The molecule has 0 saturated heterocycles. The predicted molar refractivity (Wildman–Crippen MR) is 70.7 cm³/mol. The molecule has 0 saturated carbocycles. The number of hydrogen-bond acceptors (Lipinski definition) is 0. The minimum absolute atomic E-state index is 1.20. The highest BCUT2D eigenvalue weighted by atomic mass is 13.9. The minimum Gasteiger partial charge on any atom is -0.0845 e. The fourth-order valence-electron chi connectivity index (χ4n) is 1.20. The first-order chi connectivity index (χ1) is 7.41. The summed E-state index contributed by atoms with van der Waals surface area (Å²) in [6.45, 7) is 5.84. The van der Waals surface area contributed by atoms with Crippen LogP contribution in [0.15, 0.2) is 48.6 Å². The van der Waals surface area contributed by atoms with Gasteiger partial charge in [-0.15, -0.1) is 0 Å². The molecule has 0 fully saturated rings. The second kappa shape index (κ2) is 13.0. The molecule has 0 atom stereocenters. The Morgan fingerprint density at radius 1 is 0.800 bits per heavy atom. The van der Waals surface area contributed by atoms with Crippen LogP contribution in [0.2, 0.25) is 0 Å². The molecule has 0 aromatic carbocycles. The van der Waals surface area contributed by atoms with E-state index < -0.39 is 0 Å².